The van der Waals surface area contributed by atoms with Crippen LogP contribution in [0.25, 0.3) is 16.9 Å². The van der Waals surface area contributed by atoms with E-state index in [-0.39, 0.29) is 37.1 Å². The highest BCUT2D eigenvalue weighted by atomic mass is 16.2. The van der Waals surface area contributed by atoms with Gasteiger partial charge in [0.05, 0.1) is 17.8 Å². The van der Waals surface area contributed by atoms with E-state index in [1.807, 2.05) is 60.7 Å². The molecule has 1 aliphatic heterocycles. The lowest BCUT2D eigenvalue weighted by atomic mass is 10.1. The predicted octanol–water partition coefficient (Wildman–Crippen LogP) is 4.44. The molecule has 0 atom stereocenters. The maximum Gasteiger partial charge on any atom is 0.259 e. The van der Waals surface area contributed by atoms with Crippen molar-refractivity contribution in [1.29, 1.82) is 0 Å². The molecular formula is C27H22N4O3. The first-order valence-corrected chi connectivity index (χ1v) is 11.0. The van der Waals surface area contributed by atoms with Gasteiger partial charge in [0.15, 0.2) is 0 Å². The lowest BCUT2D eigenvalue weighted by molar-refractivity contribution is -0.139. The molecule has 3 amide bonds. The molecule has 0 bridgehead atoms. The number of aromatic nitrogens is 2. The molecule has 0 spiro atoms. The topological polar surface area (TPSA) is 84.3 Å². The van der Waals surface area contributed by atoms with E-state index >= 15 is 0 Å². The molecule has 4 aromatic rings. The summed E-state index contributed by atoms with van der Waals surface area (Å²) in [6.07, 6.45) is 2.27. The molecule has 168 valence electrons. The minimum Gasteiger partial charge on any atom is -0.322 e. The van der Waals surface area contributed by atoms with E-state index in [1.54, 1.807) is 35.1 Å². The van der Waals surface area contributed by atoms with Gasteiger partial charge in [-0.2, -0.15) is 5.10 Å². The largest absolute Gasteiger partial charge is 0.322 e. The van der Waals surface area contributed by atoms with Crippen LogP contribution < -0.4 is 5.32 Å². The molecule has 3 aromatic carbocycles. The summed E-state index contributed by atoms with van der Waals surface area (Å²) in [6, 6.07) is 26.3. The number of imide groups is 1. The number of amides is 3. The molecule has 1 fully saturated rings. The van der Waals surface area contributed by atoms with E-state index in [0.717, 1.165) is 16.8 Å². The average Bonchev–Trinajstić information content (AvgIpc) is 3.46. The Morgan fingerprint density at radius 1 is 0.824 bits per heavy atom. The number of nitrogens with zero attached hydrogens (tertiary/aromatic N) is 3. The van der Waals surface area contributed by atoms with E-state index in [9.17, 15) is 14.4 Å². The van der Waals surface area contributed by atoms with Crippen LogP contribution in [0, 0.1) is 0 Å². The van der Waals surface area contributed by atoms with Crippen LogP contribution in [0.15, 0.2) is 91.1 Å². The fourth-order valence-corrected chi connectivity index (χ4v) is 3.94. The van der Waals surface area contributed by atoms with Gasteiger partial charge in [0.1, 0.15) is 5.69 Å². The molecule has 1 N–H and O–H groups in total. The SMILES string of the molecule is O=C(Nc1ccc(CN2C(=O)CCC2=O)cc1)c1cn(-c2ccccc2)nc1-c1ccccc1. The summed E-state index contributed by atoms with van der Waals surface area (Å²) in [4.78, 5) is 38.2. The van der Waals surface area contributed by atoms with Crippen LogP contribution in [0.1, 0.15) is 28.8 Å². The fraction of sp³-hybridized carbons (Fsp3) is 0.111. The molecule has 7 heteroatoms. The van der Waals surface area contributed by atoms with Crippen molar-refractivity contribution in [1.82, 2.24) is 14.7 Å². The zero-order chi connectivity index (χ0) is 23.5. The molecule has 7 nitrogen and oxygen atoms in total. The van der Waals surface area contributed by atoms with Gasteiger partial charge in [-0.05, 0) is 29.8 Å². The van der Waals surface area contributed by atoms with Gasteiger partial charge in [-0.25, -0.2) is 4.68 Å². The normalized spacial score (nSPS) is 13.4. The lowest BCUT2D eigenvalue weighted by Crippen LogP contribution is -2.28. The number of benzene rings is 3. The van der Waals surface area contributed by atoms with E-state index in [1.165, 1.54) is 4.90 Å². The van der Waals surface area contributed by atoms with Gasteiger partial charge in [0.25, 0.3) is 5.91 Å². The highest BCUT2D eigenvalue weighted by molar-refractivity contribution is 6.08. The van der Waals surface area contributed by atoms with Gasteiger partial charge in [0.2, 0.25) is 11.8 Å². The maximum absolute atomic E-state index is 13.2. The van der Waals surface area contributed by atoms with Crippen molar-refractivity contribution < 1.29 is 14.4 Å². The fourth-order valence-electron chi connectivity index (χ4n) is 3.94. The molecule has 2 heterocycles. The van der Waals surface area contributed by atoms with Gasteiger partial charge in [-0.1, -0.05) is 60.7 Å². The summed E-state index contributed by atoms with van der Waals surface area (Å²) in [7, 11) is 0. The molecule has 0 unspecified atom stereocenters. The molecule has 0 radical (unpaired) electrons. The molecule has 34 heavy (non-hydrogen) atoms. The summed E-state index contributed by atoms with van der Waals surface area (Å²) in [5.74, 6) is -0.573. The van der Waals surface area contributed by atoms with Crippen LogP contribution in [0.2, 0.25) is 0 Å². The minimum absolute atomic E-state index is 0.147. The summed E-state index contributed by atoms with van der Waals surface area (Å²) in [5.41, 5.74) is 4.17. The molecule has 0 aliphatic carbocycles. The lowest BCUT2D eigenvalue weighted by Gasteiger charge is -2.14. The number of rotatable bonds is 6. The third-order valence-electron chi connectivity index (χ3n) is 5.73. The Balaban J connectivity index is 1.38. The Bertz CT molecular complexity index is 1330. The van der Waals surface area contributed by atoms with Crippen LogP contribution in [0.5, 0.6) is 0 Å². The second-order valence-electron chi connectivity index (χ2n) is 8.06. The first-order valence-electron chi connectivity index (χ1n) is 11.0. The Kier molecular flexibility index (Phi) is 5.74. The Hall–Kier alpha value is -4.52. The molecule has 1 aliphatic rings. The third-order valence-corrected chi connectivity index (χ3v) is 5.73. The Labute approximate surface area is 196 Å². The third kappa shape index (κ3) is 4.36. The molecule has 1 aromatic heterocycles. The van der Waals surface area contributed by atoms with Crippen molar-refractivity contribution >= 4 is 23.4 Å². The first-order chi connectivity index (χ1) is 16.6. The molecule has 0 saturated carbocycles. The van der Waals surface area contributed by atoms with Crippen molar-refractivity contribution in [3.63, 3.8) is 0 Å². The van der Waals surface area contributed by atoms with Crippen molar-refractivity contribution in [3.8, 4) is 16.9 Å². The van der Waals surface area contributed by atoms with Crippen LogP contribution >= 0.6 is 0 Å². The molecule has 5 rings (SSSR count). The monoisotopic (exact) mass is 450 g/mol. The van der Waals surface area contributed by atoms with Crippen LogP contribution in [-0.2, 0) is 16.1 Å². The van der Waals surface area contributed by atoms with E-state index in [0.29, 0.717) is 16.9 Å². The Morgan fingerprint density at radius 3 is 2.09 bits per heavy atom. The number of nitrogens with one attached hydrogen (secondary N) is 1. The standard InChI is InChI=1S/C27H22N4O3/c32-24-15-16-25(33)30(24)17-19-11-13-21(14-12-19)28-27(34)23-18-31(22-9-5-2-6-10-22)29-26(23)20-7-3-1-4-8-20/h1-14,18H,15-17H2,(H,28,34). The number of carbonyl (C=O) groups excluding carboxylic acids is 3. The van der Waals surface area contributed by atoms with Gasteiger partial charge < -0.3 is 5.32 Å². The zero-order valence-corrected chi connectivity index (χ0v) is 18.3. The second kappa shape index (κ2) is 9.15. The van der Waals surface area contributed by atoms with Crippen LogP contribution in [0.4, 0.5) is 5.69 Å². The van der Waals surface area contributed by atoms with E-state index < -0.39 is 0 Å². The number of anilines is 1. The van der Waals surface area contributed by atoms with Crippen LogP contribution in [0.3, 0.4) is 0 Å². The highest BCUT2D eigenvalue weighted by Gasteiger charge is 2.28. The quantitative estimate of drug-likeness (QED) is 0.440. The number of likely N-dealkylation sites (tertiary alicyclic amines) is 1. The number of hydrogen-bond donors (Lipinski definition) is 1. The van der Waals surface area contributed by atoms with E-state index in [2.05, 4.69) is 10.4 Å². The van der Waals surface area contributed by atoms with Gasteiger partial charge in [-0.3, -0.25) is 19.3 Å². The summed E-state index contributed by atoms with van der Waals surface area (Å²) in [6.45, 7) is 0.244. The summed E-state index contributed by atoms with van der Waals surface area (Å²) >= 11 is 0. The number of para-hydroxylation sites is 1. The van der Waals surface area contributed by atoms with Gasteiger partial charge in [0, 0.05) is 30.3 Å². The number of hydrogen-bond acceptors (Lipinski definition) is 4. The van der Waals surface area contributed by atoms with Crippen molar-refractivity contribution in [2.45, 2.75) is 19.4 Å². The molecule has 1 saturated heterocycles. The predicted molar refractivity (Wildman–Crippen MR) is 128 cm³/mol. The van der Waals surface area contributed by atoms with Crippen molar-refractivity contribution in [2.75, 3.05) is 5.32 Å². The smallest absolute Gasteiger partial charge is 0.259 e. The summed E-state index contributed by atoms with van der Waals surface area (Å²) < 4.78 is 1.70. The first kappa shape index (κ1) is 21.3. The van der Waals surface area contributed by atoms with Crippen molar-refractivity contribution in [2.24, 2.45) is 0 Å². The Morgan fingerprint density at radius 2 is 1.44 bits per heavy atom. The molecular weight excluding hydrogens is 428 g/mol. The highest BCUT2D eigenvalue weighted by Crippen LogP contribution is 2.25. The number of carbonyl (C=O) groups is 3. The average molecular weight is 450 g/mol. The van der Waals surface area contributed by atoms with Gasteiger partial charge >= 0.3 is 0 Å². The van der Waals surface area contributed by atoms with Gasteiger partial charge in [-0.15, -0.1) is 0 Å². The zero-order valence-electron chi connectivity index (χ0n) is 18.3. The van der Waals surface area contributed by atoms with E-state index in [4.69, 9.17) is 0 Å². The summed E-state index contributed by atoms with van der Waals surface area (Å²) in [5, 5.41) is 7.62. The maximum atomic E-state index is 13.2. The van der Waals surface area contributed by atoms with Crippen LogP contribution in [-0.4, -0.2) is 32.4 Å². The van der Waals surface area contributed by atoms with Crippen molar-refractivity contribution in [3.05, 3.63) is 102 Å². The minimum atomic E-state index is -0.279. The second-order valence-corrected chi connectivity index (χ2v) is 8.06.